The minimum atomic E-state index is -1.09. The van der Waals surface area contributed by atoms with Gasteiger partial charge in [-0.05, 0) is 25.7 Å². The van der Waals surface area contributed by atoms with E-state index in [2.05, 4.69) is 4.98 Å². The average molecular weight is 330 g/mol. The van der Waals surface area contributed by atoms with Gasteiger partial charge in [0.15, 0.2) is 0 Å². The molecule has 6 nitrogen and oxygen atoms in total. The lowest BCUT2D eigenvalue weighted by molar-refractivity contribution is -0.144. The predicted octanol–water partition coefficient (Wildman–Crippen LogP) is 2.40. The Hall–Kier alpha value is -2.37. The molecule has 1 aromatic heterocycles. The normalized spacial score (nSPS) is 17.3. The molecule has 128 valence electrons. The van der Waals surface area contributed by atoms with Crippen LogP contribution in [0, 0.1) is 0 Å². The molecule has 0 saturated heterocycles. The van der Waals surface area contributed by atoms with Gasteiger partial charge in [-0.15, -0.1) is 0 Å². The van der Waals surface area contributed by atoms with Crippen molar-refractivity contribution in [2.24, 2.45) is 0 Å². The Kier molecular flexibility index (Phi) is 4.83. The summed E-state index contributed by atoms with van der Waals surface area (Å²) in [5, 5.41) is 9.15. The Bertz CT molecular complexity index is 683. The molecular formula is C18H22N2O4. The number of aliphatic carboxylic acids is 1. The maximum atomic E-state index is 12.7. The number of hydrogen-bond acceptors (Lipinski definition) is 3. The van der Waals surface area contributed by atoms with E-state index in [0.29, 0.717) is 5.56 Å². The number of carbonyl (C=O) groups is 3. The van der Waals surface area contributed by atoms with Crippen LogP contribution in [0.5, 0.6) is 0 Å². The number of allylic oxidation sites excluding steroid dienone is 1. The van der Waals surface area contributed by atoms with Gasteiger partial charge in [-0.3, -0.25) is 14.4 Å². The first-order valence-electron chi connectivity index (χ1n) is 8.52. The van der Waals surface area contributed by atoms with E-state index in [1.807, 2.05) is 12.2 Å². The van der Waals surface area contributed by atoms with Crippen molar-refractivity contribution in [3.05, 3.63) is 29.1 Å². The van der Waals surface area contributed by atoms with Crippen molar-refractivity contribution in [3.8, 4) is 0 Å². The van der Waals surface area contributed by atoms with E-state index < -0.39 is 24.2 Å². The molecule has 0 aliphatic heterocycles. The quantitative estimate of drug-likeness (QED) is 0.641. The number of amides is 1. The van der Waals surface area contributed by atoms with Gasteiger partial charge in [0.05, 0.1) is 5.56 Å². The van der Waals surface area contributed by atoms with E-state index in [1.54, 1.807) is 6.20 Å². The molecule has 1 heterocycles. The van der Waals surface area contributed by atoms with Gasteiger partial charge in [-0.25, -0.2) is 0 Å². The van der Waals surface area contributed by atoms with Crippen LogP contribution in [0.2, 0.25) is 0 Å². The van der Waals surface area contributed by atoms with Crippen LogP contribution < -0.4 is 0 Å². The van der Waals surface area contributed by atoms with E-state index >= 15 is 0 Å². The molecule has 3 rings (SSSR count). The van der Waals surface area contributed by atoms with E-state index in [-0.39, 0.29) is 6.04 Å². The van der Waals surface area contributed by atoms with Crippen molar-refractivity contribution in [2.45, 2.75) is 51.0 Å². The van der Waals surface area contributed by atoms with Gasteiger partial charge in [0, 0.05) is 23.5 Å². The first-order valence-corrected chi connectivity index (χ1v) is 8.52. The van der Waals surface area contributed by atoms with Crippen LogP contribution in [0.15, 0.2) is 12.3 Å². The smallest absolute Gasteiger partial charge is 0.323 e. The van der Waals surface area contributed by atoms with Gasteiger partial charge >= 0.3 is 5.97 Å². The van der Waals surface area contributed by atoms with Crippen LogP contribution in [-0.2, 0) is 16.0 Å². The minimum absolute atomic E-state index is 0.156. The molecule has 24 heavy (non-hydrogen) atoms. The molecule has 0 spiro atoms. The van der Waals surface area contributed by atoms with Crippen LogP contribution in [0.25, 0.3) is 6.08 Å². The second-order valence-corrected chi connectivity index (χ2v) is 6.48. The highest BCUT2D eigenvalue weighted by Crippen LogP contribution is 2.26. The number of H-pyrrole nitrogens is 1. The topological polar surface area (TPSA) is 90.5 Å². The number of aromatic nitrogens is 1. The van der Waals surface area contributed by atoms with Crippen LogP contribution in [0.3, 0.4) is 0 Å². The van der Waals surface area contributed by atoms with Gasteiger partial charge in [0.25, 0.3) is 11.7 Å². The molecule has 1 fully saturated rings. The lowest BCUT2D eigenvalue weighted by Gasteiger charge is -2.32. The maximum Gasteiger partial charge on any atom is 0.323 e. The number of ketones is 1. The molecule has 0 bridgehead atoms. The second kappa shape index (κ2) is 7.03. The van der Waals surface area contributed by atoms with Crippen molar-refractivity contribution in [1.82, 2.24) is 9.88 Å². The monoisotopic (exact) mass is 330 g/mol. The standard InChI is InChI=1S/C18H22N2O4/c21-16(22)11-20(12-6-2-1-3-7-12)18(24)17(23)14-10-19-15-9-5-4-8-13(14)15/h4,8,10,12,19H,1-3,5-7,9,11H2,(H,21,22). The van der Waals surface area contributed by atoms with E-state index in [4.69, 9.17) is 5.11 Å². The van der Waals surface area contributed by atoms with Crippen molar-refractivity contribution >= 4 is 23.7 Å². The number of hydrogen-bond donors (Lipinski definition) is 2. The van der Waals surface area contributed by atoms with E-state index in [1.165, 1.54) is 4.90 Å². The first-order chi connectivity index (χ1) is 11.6. The Morgan fingerprint density at radius 3 is 2.67 bits per heavy atom. The van der Waals surface area contributed by atoms with Gasteiger partial charge in [0.2, 0.25) is 0 Å². The molecular weight excluding hydrogens is 308 g/mol. The Labute approximate surface area is 140 Å². The van der Waals surface area contributed by atoms with Crippen molar-refractivity contribution in [3.63, 3.8) is 0 Å². The Morgan fingerprint density at radius 2 is 1.96 bits per heavy atom. The number of carbonyl (C=O) groups excluding carboxylic acids is 2. The molecule has 0 atom stereocenters. The third-order valence-electron chi connectivity index (χ3n) is 4.87. The summed E-state index contributed by atoms with van der Waals surface area (Å²) in [4.78, 5) is 40.9. The van der Waals surface area contributed by atoms with Crippen LogP contribution in [-0.4, -0.2) is 45.2 Å². The SMILES string of the molecule is O=C(O)CN(C(=O)C(=O)c1c[nH]c2c1C=CCC2)C1CCCCC1. The number of aryl methyl sites for hydroxylation is 1. The highest BCUT2D eigenvalue weighted by Gasteiger charge is 2.33. The van der Waals surface area contributed by atoms with E-state index in [9.17, 15) is 14.4 Å². The van der Waals surface area contributed by atoms with Gasteiger partial charge in [0.1, 0.15) is 6.54 Å². The largest absolute Gasteiger partial charge is 0.480 e. The lowest BCUT2D eigenvalue weighted by Crippen LogP contribution is -2.47. The van der Waals surface area contributed by atoms with Gasteiger partial charge in [-0.1, -0.05) is 31.4 Å². The fourth-order valence-electron chi connectivity index (χ4n) is 3.64. The van der Waals surface area contributed by atoms with Crippen LogP contribution in [0.1, 0.15) is 60.1 Å². The molecule has 2 N–H and O–H groups in total. The maximum absolute atomic E-state index is 12.7. The average Bonchev–Trinajstić information content (AvgIpc) is 3.03. The molecule has 1 aromatic rings. The molecule has 6 heteroatoms. The number of nitrogens with zero attached hydrogens (tertiary/aromatic N) is 1. The Morgan fingerprint density at radius 1 is 1.21 bits per heavy atom. The molecule has 0 unspecified atom stereocenters. The van der Waals surface area contributed by atoms with Crippen LogP contribution in [0.4, 0.5) is 0 Å². The minimum Gasteiger partial charge on any atom is -0.480 e. The van der Waals surface area contributed by atoms with Gasteiger partial charge in [-0.2, -0.15) is 0 Å². The van der Waals surface area contributed by atoms with E-state index in [0.717, 1.165) is 56.2 Å². The summed E-state index contributed by atoms with van der Waals surface area (Å²) in [6.45, 7) is -0.419. The summed E-state index contributed by atoms with van der Waals surface area (Å²) in [5.41, 5.74) is 2.06. The van der Waals surface area contributed by atoms with Crippen molar-refractivity contribution in [1.29, 1.82) is 0 Å². The zero-order chi connectivity index (χ0) is 17.1. The number of carboxylic acid groups (broad SMARTS) is 1. The summed E-state index contributed by atoms with van der Waals surface area (Å²) < 4.78 is 0. The first kappa shape index (κ1) is 16.5. The molecule has 2 aliphatic carbocycles. The summed E-state index contributed by atoms with van der Waals surface area (Å²) in [6.07, 6.45) is 11.7. The third-order valence-corrected chi connectivity index (χ3v) is 4.87. The zero-order valence-corrected chi connectivity index (χ0v) is 13.6. The number of nitrogens with one attached hydrogen (secondary N) is 1. The number of Topliss-reactive ketones (excluding diaryl/α,β-unsaturated/α-hetero) is 1. The fraction of sp³-hybridized carbons (Fsp3) is 0.500. The zero-order valence-electron chi connectivity index (χ0n) is 13.6. The highest BCUT2D eigenvalue weighted by atomic mass is 16.4. The Balaban J connectivity index is 1.84. The van der Waals surface area contributed by atoms with Crippen molar-refractivity contribution in [2.75, 3.05) is 6.54 Å². The highest BCUT2D eigenvalue weighted by molar-refractivity contribution is 6.43. The molecule has 2 aliphatic rings. The number of rotatable bonds is 5. The molecule has 1 amide bonds. The van der Waals surface area contributed by atoms with Crippen LogP contribution >= 0.6 is 0 Å². The lowest BCUT2D eigenvalue weighted by atomic mass is 9.93. The summed E-state index contributed by atoms with van der Waals surface area (Å²) in [7, 11) is 0. The van der Waals surface area contributed by atoms with Crippen molar-refractivity contribution < 1.29 is 19.5 Å². The third kappa shape index (κ3) is 3.27. The molecule has 0 radical (unpaired) electrons. The number of aromatic amines is 1. The predicted molar refractivity (Wildman–Crippen MR) is 88.7 cm³/mol. The fourth-order valence-corrected chi connectivity index (χ4v) is 3.64. The summed E-state index contributed by atoms with van der Waals surface area (Å²) in [6, 6.07) is -0.156. The molecule has 0 aromatic carbocycles. The molecule has 1 saturated carbocycles. The number of fused-ring (bicyclic) bond motifs is 1. The summed E-state index contributed by atoms with van der Waals surface area (Å²) >= 11 is 0. The summed E-state index contributed by atoms with van der Waals surface area (Å²) in [5.74, 6) is -2.41. The number of carboxylic acids is 1. The second-order valence-electron chi connectivity index (χ2n) is 6.48. The van der Waals surface area contributed by atoms with Gasteiger partial charge < -0.3 is 15.0 Å².